The highest BCUT2D eigenvalue weighted by molar-refractivity contribution is 6.31. The molecule has 1 amide bonds. The van der Waals surface area contributed by atoms with Crippen LogP contribution < -0.4 is 20.5 Å². The third-order valence-corrected chi connectivity index (χ3v) is 7.36. The molecule has 1 fully saturated rings. The number of hydrogen-bond donors (Lipinski definition) is 2. The van der Waals surface area contributed by atoms with Crippen LogP contribution >= 0.6 is 11.6 Å². The lowest BCUT2D eigenvalue weighted by atomic mass is 9.81. The highest BCUT2D eigenvalue weighted by atomic mass is 35.5. The number of benzene rings is 2. The largest absolute Gasteiger partial charge is 0.493 e. The summed E-state index contributed by atoms with van der Waals surface area (Å²) in [5, 5.41) is 3.10. The van der Waals surface area contributed by atoms with Crippen LogP contribution in [0.25, 0.3) is 11.3 Å². The van der Waals surface area contributed by atoms with Gasteiger partial charge in [-0.1, -0.05) is 25.4 Å². The van der Waals surface area contributed by atoms with E-state index >= 15 is 0 Å². The molecule has 1 heterocycles. The van der Waals surface area contributed by atoms with E-state index < -0.39 is 16.8 Å². The summed E-state index contributed by atoms with van der Waals surface area (Å²) < 4.78 is 25.1. The topological polar surface area (TPSA) is 86.5 Å². The van der Waals surface area contributed by atoms with E-state index in [9.17, 15) is 9.18 Å². The van der Waals surface area contributed by atoms with Gasteiger partial charge in [-0.3, -0.25) is 9.78 Å². The second-order valence-electron chi connectivity index (χ2n) is 10.8. The Kier molecular flexibility index (Phi) is 8.00. The number of rotatable bonds is 10. The lowest BCUT2D eigenvalue weighted by molar-refractivity contribution is 0.0943. The summed E-state index contributed by atoms with van der Waals surface area (Å²) in [5.74, 6) is 0.464. The zero-order chi connectivity index (χ0) is 27.7. The van der Waals surface area contributed by atoms with E-state index in [4.69, 9.17) is 31.8 Å². The average Bonchev–Trinajstić information content (AvgIpc) is 3.72. The van der Waals surface area contributed by atoms with E-state index in [0.717, 1.165) is 24.1 Å². The first-order valence-electron chi connectivity index (χ1n) is 12.8. The summed E-state index contributed by atoms with van der Waals surface area (Å²) in [6, 6.07) is 13.6. The van der Waals surface area contributed by atoms with Crippen LogP contribution in [0.1, 0.15) is 68.6 Å². The van der Waals surface area contributed by atoms with Crippen LogP contribution in [0.2, 0.25) is 5.02 Å². The van der Waals surface area contributed by atoms with E-state index in [1.54, 1.807) is 37.4 Å². The van der Waals surface area contributed by atoms with Gasteiger partial charge in [-0.2, -0.15) is 0 Å². The van der Waals surface area contributed by atoms with Crippen molar-refractivity contribution in [2.45, 2.75) is 64.0 Å². The van der Waals surface area contributed by atoms with E-state index in [1.165, 1.54) is 6.07 Å². The Balaban J connectivity index is 1.61. The molecule has 1 unspecified atom stereocenters. The molecule has 1 aliphatic carbocycles. The van der Waals surface area contributed by atoms with E-state index in [-0.39, 0.29) is 17.0 Å². The third kappa shape index (κ3) is 6.27. The zero-order valence-electron chi connectivity index (χ0n) is 22.5. The van der Waals surface area contributed by atoms with Crippen molar-refractivity contribution in [3.05, 3.63) is 76.2 Å². The lowest BCUT2D eigenvalue weighted by Crippen LogP contribution is -2.39. The van der Waals surface area contributed by atoms with Crippen LogP contribution in [0, 0.1) is 5.82 Å². The minimum atomic E-state index is -0.644. The number of nitrogens with one attached hydrogen (secondary N) is 1. The Labute approximate surface area is 228 Å². The average molecular weight is 540 g/mol. The quantitative estimate of drug-likeness (QED) is 0.312. The molecule has 1 atom stereocenters. The maximum absolute atomic E-state index is 13.8. The predicted molar refractivity (Wildman–Crippen MR) is 148 cm³/mol. The number of hydrogen-bond acceptors (Lipinski definition) is 5. The molecule has 2 aromatic carbocycles. The van der Waals surface area contributed by atoms with Crippen molar-refractivity contribution in [3.8, 4) is 22.8 Å². The molecular formula is C30H35ClFN3O3. The predicted octanol–water partition coefficient (Wildman–Crippen LogP) is 6.38. The number of amides is 1. The summed E-state index contributed by atoms with van der Waals surface area (Å²) >= 11 is 6.06. The summed E-state index contributed by atoms with van der Waals surface area (Å²) in [6.07, 6.45) is 3.00. The number of ether oxygens (including phenoxy) is 2. The van der Waals surface area contributed by atoms with Gasteiger partial charge in [0.15, 0.2) is 11.5 Å². The fraction of sp³-hybridized carbons (Fsp3) is 0.400. The fourth-order valence-corrected chi connectivity index (χ4v) is 4.24. The maximum atomic E-state index is 13.8. The normalized spacial score (nSPS) is 15.1. The van der Waals surface area contributed by atoms with E-state index in [2.05, 4.69) is 19.2 Å². The molecule has 202 valence electrons. The molecule has 0 radical (unpaired) electrons. The SMILES string of the molecule is CCC(C)(CNC(=O)c1ccc(OC2CC2)c(OC)c1)c1cc(C(C)(C)N)cc(-c2ccc(F)c(Cl)c2)n1. The number of carbonyl (C=O) groups excluding carboxylic acids is 1. The van der Waals surface area contributed by atoms with Crippen molar-refractivity contribution in [3.63, 3.8) is 0 Å². The maximum Gasteiger partial charge on any atom is 0.251 e. The number of nitrogens with two attached hydrogens (primary N) is 1. The molecular weight excluding hydrogens is 505 g/mol. The second-order valence-corrected chi connectivity index (χ2v) is 11.2. The molecule has 1 aliphatic rings. The van der Waals surface area contributed by atoms with E-state index in [1.807, 2.05) is 26.0 Å². The van der Waals surface area contributed by atoms with Gasteiger partial charge in [0.1, 0.15) is 5.82 Å². The lowest BCUT2D eigenvalue weighted by Gasteiger charge is -2.31. The first kappa shape index (κ1) is 27.9. The molecule has 38 heavy (non-hydrogen) atoms. The van der Waals surface area contributed by atoms with Gasteiger partial charge in [0.25, 0.3) is 5.91 Å². The molecule has 0 spiro atoms. The van der Waals surface area contributed by atoms with Crippen molar-refractivity contribution in [1.29, 1.82) is 0 Å². The molecule has 1 saturated carbocycles. The summed E-state index contributed by atoms with van der Waals surface area (Å²) in [5.41, 5.74) is 8.79. The minimum absolute atomic E-state index is 0.0257. The molecule has 0 aliphatic heterocycles. The van der Waals surface area contributed by atoms with Crippen molar-refractivity contribution in [2.75, 3.05) is 13.7 Å². The number of nitrogens with zero attached hydrogens (tertiary/aromatic N) is 1. The molecule has 0 saturated heterocycles. The van der Waals surface area contributed by atoms with Gasteiger partial charge in [0.05, 0.1) is 23.9 Å². The Morgan fingerprint density at radius 2 is 1.87 bits per heavy atom. The fourth-order valence-electron chi connectivity index (χ4n) is 4.06. The van der Waals surface area contributed by atoms with Crippen LogP contribution in [-0.2, 0) is 11.0 Å². The van der Waals surface area contributed by atoms with Crippen LogP contribution in [0.15, 0.2) is 48.5 Å². The molecule has 3 N–H and O–H groups in total. The summed E-state index contributed by atoms with van der Waals surface area (Å²) in [7, 11) is 1.56. The van der Waals surface area contributed by atoms with E-state index in [0.29, 0.717) is 41.3 Å². The van der Waals surface area contributed by atoms with Gasteiger partial charge in [-0.05, 0) is 87.2 Å². The number of halogens is 2. The number of methoxy groups -OCH3 is 1. The number of carbonyl (C=O) groups is 1. The first-order valence-corrected chi connectivity index (χ1v) is 13.2. The first-order chi connectivity index (χ1) is 17.9. The van der Waals surface area contributed by atoms with Crippen LogP contribution in [0.5, 0.6) is 11.5 Å². The summed E-state index contributed by atoms with van der Waals surface area (Å²) in [6.45, 7) is 8.29. The van der Waals surface area contributed by atoms with Gasteiger partial charge in [0, 0.05) is 34.3 Å². The minimum Gasteiger partial charge on any atom is -0.493 e. The highest BCUT2D eigenvalue weighted by Crippen LogP contribution is 2.35. The molecule has 6 nitrogen and oxygen atoms in total. The Bertz CT molecular complexity index is 1340. The van der Waals surface area contributed by atoms with Crippen LogP contribution in [-0.4, -0.2) is 30.6 Å². The molecule has 0 bridgehead atoms. The van der Waals surface area contributed by atoms with Crippen LogP contribution in [0.3, 0.4) is 0 Å². The molecule has 8 heteroatoms. The van der Waals surface area contributed by atoms with Gasteiger partial charge in [-0.15, -0.1) is 0 Å². The molecule has 4 rings (SSSR count). The van der Waals surface area contributed by atoms with Crippen molar-refractivity contribution >= 4 is 17.5 Å². The molecule has 3 aromatic rings. The van der Waals surface area contributed by atoms with Gasteiger partial charge >= 0.3 is 0 Å². The Morgan fingerprint density at radius 1 is 1.13 bits per heavy atom. The number of pyridine rings is 1. The third-order valence-electron chi connectivity index (χ3n) is 7.07. The van der Waals surface area contributed by atoms with Gasteiger partial charge < -0.3 is 20.5 Å². The smallest absolute Gasteiger partial charge is 0.251 e. The van der Waals surface area contributed by atoms with Crippen molar-refractivity contribution < 1.29 is 18.7 Å². The van der Waals surface area contributed by atoms with Gasteiger partial charge in [-0.25, -0.2) is 4.39 Å². The Hall–Kier alpha value is -3.16. The van der Waals surface area contributed by atoms with Crippen molar-refractivity contribution in [1.82, 2.24) is 10.3 Å². The zero-order valence-corrected chi connectivity index (χ0v) is 23.3. The number of aromatic nitrogens is 1. The highest BCUT2D eigenvalue weighted by Gasteiger charge is 2.30. The monoisotopic (exact) mass is 539 g/mol. The summed E-state index contributed by atoms with van der Waals surface area (Å²) in [4.78, 5) is 18.1. The van der Waals surface area contributed by atoms with Gasteiger partial charge in [0.2, 0.25) is 0 Å². The second kappa shape index (κ2) is 10.9. The van der Waals surface area contributed by atoms with Crippen molar-refractivity contribution in [2.24, 2.45) is 5.73 Å². The van der Waals surface area contributed by atoms with Crippen LogP contribution in [0.4, 0.5) is 4.39 Å². The standard InChI is InChI=1S/C30H35ClFN3O3/c1-6-30(4,17-34-28(36)19-8-12-25(26(14-19)37-5)38-21-9-10-21)27-16-20(29(2,3)33)15-24(35-27)18-7-11-23(32)22(31)13-18/h7-8,11-16,21H,6,9-10,17,33H2,1-5H3,(H,34,36). The Morgan fingerprint density at radius 3 is 2.47 bits per heavy atom. The molecule has 1 aromatic heterocycles.